The number of aliphatic hydroxyl groups excluding tert-OH is 1. The number of primary amides is 1. The van der Waals surface area contributed by atoms with Gasteiger partial charge in [0.25, 0.3) is 0 Å². The summed E-state index contributed by atoms with van der Waals surface area (Å²) in [7, 11) is 0. The molecule has 0 aliphatic heterocycles. The number of amides is 6. The minimum atomic E-state index is -0.949. The molecule has 0 aromatic heterocycles. The van der Waals surface area contributed by atoms with Gasteiger partial charge >= 0.3 is 12.1 Å². The molecule has 0 spiro atoms. The van der Waals surface area contributed by atoms with Gasteiger partial charge in [-0.1, -0.05) is 12.1 Å². The monoisotopic (exact) mass is 481 g/mol. The molecule has 1 aromatic rings. The number of hydrogen-bond donors (Lipinski definition) is 8. The Kier molecular flexibility index (Phi) is 13.1. The van der Waals surface area contributed by atoms with Crippen LogP contribution in [0.2, 0.25) is 0 Å². The fourth-order valence-electron chi connectivity index (χ4n) is 2.55. The van der Waals surface area contributed by atoms with Crippen molar-refractivity contribution in [3.63, 3.8) is 0 Å². The lowest BCUT2D eigenvalue weighted by Crippen LogP contribution is -2.48. The molecule has 0 radical (unpaired) electrons. The van der Waals surface area contributed by atoms with Gasteiger partial charge in [-0.15, -0.1) is 0 Å². The van der Waals surface area contributed by atoms with E-state index in [2.05, 4.69) is 26.6 Å². The summed E-state index contributed by atoms with van der Waals surface area (Å²) in [4.78, 5) is 58.3. The van der Waals surface area contributed by atoms with Gasteiger partial charge in [0.05, 0.1) is 19.7 Å². The van der Waals surface area contributed by atoms with Crippen LogP contribution >= 0.6 is 0 Å². The first-order valence-electron chi connectivity index (χ1n) is 10.5. The van der Waals surface area contributed by atoms with Gasteiger partial charge in [0.1, 0.15) is 12.6 Å². The van der Waals surface area contributed by atoms with Crippen LogP contribution in [-0.2, 0) is 25.7 Å². The van der Waals surface area contributed by atoms with Crippen molar-refractivity contribution in [2.24, 2.45) is 11.5 Å². The van der Waals surface area contributed by atoms with Gasteiger partial charge in [-0.2, -0.15) is 0 Å². The molecule has 1 rings (SSSR count). The highest BCUT2D eigenvalue weighted by molar-refractivity contribution is 5.97. The first-order chi connectivity index (χ1) is 16.2. The maximum Gasteiger partial charge on any atom is 0.407 e. The summed E-state index contributed by atoms with van der Waals surface area (Å²) in [5.74, 6) is -1.61. The third kappa shape index (κ3) is 12.2. The van der Waals surface area contributed by atoms with Crippen LogP contribution in [0.15, 0.2) is 24.3 Å². The smallest absolute Gasteiger partial charge is 0.407 e. The van der Waals surface area contributed by atoms with E-state index in [0.29, 0.717) is 17.7 Å². The standard InChI is InChI=1S/C20H31N7O7/c21-10-16(29)25-11-17(30)27-15(2-1-7-23-19(22)32)18(31)26-14-5-3-13(4-6-14)12-34-20(33)24-8-9-28/h3-6,15,28H,1-2,7-12,21H2,(H,24,33)(H,25,29)(H,26,31)(H,27,30)(H3,22,23,32). The number of nitrogens with two attached hydrogens (primary N) is 2. The molecule has 1 atom stereocenters. The zero-order valence-electron chi connectivity index (χ0n) is 18.6. The summed E-state index contributed by atoms with van der Waals surface area (Å²) in [6.07, 6.45) is -0.124. The number of rotatable bonds is 14. The van der Waals surface area contributed by atoms with E-state index < -0.39 is 35.9 Å². The molecule has 1 unspecified atom stereocenters. The molecule has 14 heteroatoms. The van der Waals surface area contributed by atoms with E-state index >= 15 is 0 Å². The van der Waals surface area contributed by atoms with Crippen LogP contribution in [0.25, 0.3) is 0 Å². The number of carbonyl (C=O) groups is 5. The predicted octanol–water partition coefficient (Wildman–Crippen LogP) is -2.15. The largest absolute Gasteiger partial charge is 0.445 e. The van der Waals surface area contributed by atoms with Crippen molar-refractivity contribution >= 4 is 35.5 Å². The molecular formula is C20H31N7O7. The van der Waals surface area contributed by atoms with E-state index in [1.54, 1.807) is 24.3 Å². The highest BCUT2D eigenvalue weighted by Gasteiger charge is 2.21. The number of carbonyl (C=O) groups excluding carboxylic acids is 5. The first-order valence-corrected chi connectivity index (χ1v) is 10.5. The molecule has 6 amide bonds. The Morgan fingerprint density at radius 1 is 0.971 bits per heavy atom. The fraction of sp³-hybridized carbons (Fsp3) is 0.450. The molecule has 1 aromatic carbocycles. The van der Waals surface area contributed by atoms with Crippen LogP contribution in [0, 0.1) is 0 Å². The van der Waals surface area contributed by atoms with E-state index in [1.807, 2.05) is 0 Å². The van der Waals surface area contributed by atoms with Gasteiger partial charge in [-0.3, -0.25) is 14.4 Å². The van der Waals surface area contributed by atoms with Crippen LogP contribution in [0.1, 0.15) is 18.4 Å². The molecule has 188 valence electrons. The molecule has 0 bridgehead atoms. The van der Waals surface area contributed by atoms with Crippen molar-refractivity contribution in [3.8, 4) is 0 Å². The number of anilines is 1. The summed E-state index contributed by atoms with van der Waals surface area (Å²) < 4.78 is 4.98. The van der Waals surface area contributed by atoms with Gasteiger partial charge in [-0.05, 0) is 30.5 Å². The van der Waals surface area contributed by atoms with Crippen molar-refractivity contribution in [3.05, 3.63) is 29.8 Å². The Hall–Kier alpha value is -3.91. The molecule has 14 nitrogen and oxygen atoms in total. The molecule has 10 N–H and O–H groups in total. The zero-order valence-corrected chi connectivity index (χ0v) is 18.6. The third-order valence-corrected chi connectivity index (χ3v) is 4.22. The first kappa shape index (κ1) is 28.1. The normalized spacial score (nSPS) is 11.0. The lowest BCUT2D eigenvalue weighted by Gasteiger charge is -2.19. The number of ether oxygens (including phenoxy) is 1. The summed E-state index contributed by atoms with van der Waals surface area (Å²) in [5, 5.41) is 20.9. The lowest BCUT2D eigenvalue weighted by atomic mass is 10.1. The Morgan fingerprint density at radius 3 is 2.29 bits per heavy atom. The number of alkyl carbamates (subject to hydrolysis) is 1. The van der Waals surface area contributed by atoms with Crippen molar-refractivity contribution in [1.82, 2.24) is 21.3 Å². The van der Waals surface area contributed by atoms with Gasteiger partial charge in [-0.25, -0.2) is 9.59 Å². The van der Waals surface area contributed by atoms with Gasteiger partial charge in [0, 0.05) is 18.8 Å². The molecule has 0 aliphatic carbocycles. The summed E-state index contributed by atoms with van der Waals surface area (Å²) in [6, 6.07) is 4.82. The van der Waals surface area contributed by atoms with E-state index in [9.17, 15) is 24.0 Å². The lowest BCUT2D eigenvalue weighted by molar-refractivity contribution is -0.128. The van der Waals surface area contributed by atoms with Crippen LogP contribution in [0.4, 0.5) is 15.3 Å². The molecule has 0 saturated heterocycles. The minimum absolute atomic E-state index is 0.00838. The summed E-state index contributed by atoms with van der Waals surface area (Å²) >= 11 is 0. The van der Waals surface area contributed by atoms with E-state index in [4.69, 9.17) is 21.3 Å². The van der Waals surface area contributed by atoms with Crippen molar-refractivity contribution < 1.29 is 33.8 Å². The van der Waals surface area contributed by atoms with Crippen molar-refractivity contribution in [2.45, 2.75) is 25.5 Å². The quantitative estimate of drug-likeness (QED) is 0.136. The number of benzene rings is 1. The summed E-state index contributed by atoms with van der Waals surface area (Å²) in [6.45, 7) is -0.538. The Labute approximate surface area is 196 Å². The highest BCUT2D eigenvalue weighted by atomic mass is 16.5. The van der Waals surface area contributed by atoms with Crippen LogP contribution < -0.4 is 38.1 Å². The average Bonchev–Trinajstić information content (AvgIpc) is 2.82. The Morgan fingerprint density at radius 2 is 1.68 bits per heavy atom. The number of urea groups is 1. The number of nitrogens with one attached hydrogen (secondary N) is 5. The number of hydrogen-bond acceptors (Lipinski definition) is 8. The Bertz CT molecular complexity index is 833. The zero-order chi connectivity index (χ0) is 25.3. The second kappa shape index (κ2) is 15.8. The highest BCUT2D eigenvalue weighted by Crippen LogP contribution is 2.12. The van der Waals surface area contributed by atoms with Crippen LogP contribution in [0.3, 0.4) is 0 Å². The fourth-order valence-corrected chi connectivity index (χ4v) is 2.55. The average molecular weight is 482 g/mol. The maximum absolute atomic E-state index is 12.7. The van der Waals surface area contributed by atoms with E-state index in [-0.39, 0.29) is 45.8 Å². The van der Waals surface area contributed by atoms with E-state index in [1.165, 1.54) is 0 Å². The molecule has 0 saturated carbocycles. The topological polar surface area (TPSA) is 227 Å². The van der Waals surface area contributed by atoms with Gasteiger partial charge in [0.15, 0.2) is 0 Å². The Balaban J connectivity index is 2.66. The summed E-state index contributed by atoms with van der Waals surface area (Å²) in [5.41, 5.74) is 11.3. The molecule has 34 heavy (non-hydrogen) atoms. The van der Waals surface area contributed by atoms with Gasteiger partial charge in [0.2, 0.25) is 17.7 Å². The minimum Gasteiger partial charge on any atom is -0.445 e. The second-order valence-electron chi connectivity index (χ2n) is 6.95. The van der Waals surface area contributed by atoms with E-state index in [0.717, 1.165) is 0 Å². The predicted molar refractivity (Wildman–Crippen MR) is 121 cm³/mol. The molecule has 0 heterocycles. The maximum atomic E-state index is 12.7. The SMILES string of the molecule is NCC(=O)NCC(=O)NC(CCCNC(N)=O)C(=O)Nc1ccc(COC(=O)NCCO)cc1. The molecule has 0 fully saturated rings. The second-order valence-corrected chi connectivity index (χ2v) is 6.95. The van der Waals surface area contributed by atoms with Crippen molar-refractivity contribution in [2.75, 3.05) is 38.1 Å². The van der Waals surface area contributed by atoms with Crippen LogP contribution in [0.5, 0.6) is 0 Å². The molecule has 0 aliphatic rings. The van der Waals surface area contributed by atoms with Crippen molar-refractivity contribution in [1.29, 1.82) is 0 Å². The number of aliphatic hydroxyl groups is 1. The third-order valence-electron chi connectivity index (χ3n) is 4.22. The van der Waals surface area contributed by atoms with Crippen LogP contribution in [-0.4, -0.2) is 73.8 Å². The molecular weight excluding hydrogens is 450 g/mol. The van der Waals surface area contributed by atoms with Gasteiger partial charge < -0.3 is 47.9 Å².